The molecule has 0 fully saturated rings. The van der Waals surface area contributed by atoms with Crippen LogP contribution in [-0.4, -0.2) is 21.1 Å². The van der Waals surface area contributed by atoms with Crippen LogP contribution in [0.2, 0.25) is 0 Å². The summed E-state index contributed by atoms with van der Waals surface area (Å²) in [5.74, 6) is 0. The molecule has 5 nitrogen and oxygen atoms in total. The van der Waals surface area contributed by atoms with Gasteiger partial charge in [-0.2, -0.15) is 0 Å². The van der Waals surface area contributed by atoms with Crippen LogP contribution in [0.3, 0.4) is 0 Å². The second-order valence-electron chi connectivity index (χ2n) is 4.39. The predicted molar refractivity (Wildman–Crippen MR) is 67.2 cm³/mol. The fourth-order valence-electron chi connectivity index (χ4n) is 2.19. The number of hydrogen-bond acceptors (Lipinski definition) is 4. The van der Waals surface area contributed by atoms with E-state index in [1.54, 1.807) is 23.3 Å². The van der Waals surface area contributed by atoms with E-state index in [4.69, 9.17) is 0 Å². The molecular weight excluding hydrogens is 228 g/mol. The summed E-state index contributed by atoms with van der Waals surface area (Å²) in [4.78, 5) is 20.7. The van der Waals surface area contributed by atoms with Crippen molar-refractivity contribution in [3.63, 3.8) is 0 Å². The van der Waals surface area contributed by atoms with E-state index in [-0.39, 0.29) is 5.56 Å². The van der Waals surface area contributed by atoms with Gasteiger partial charge in [0.2, 0.25) is 0 Å². The van der Waals surface area contributed by atoms with Gasteiger partial charge in [0.1, 0.15) is 0 Å². The zero-order chi connectivity index (χ0) is 12.4. The van der Waals surface area contributed by atoms with Crippen LogP contribution < -0.4 is 10.9 Å². The maximum absolute atomic E-state index is 12.3. The standard InChI is InChI=1S/C13H14N4O/c18-13-11-3-5-15-7-12(11)16-9-17(13)8-10-2-1-4-14-6-10/h1-2,4,6,9,15H,3,5,7-8H2. The summed E-state index contributed by atoms with van der Waals surface area (Å²) in [6.45, 7) is 2.07. The lowest BCUT2D eigenvalue weighted by Gasteiger charge is -2.16. The Kier molecular flexibility index (Phi) is 2.90. The van der Waals surface area contributed by atoms with E-state index in [0.717, 1.165) is 29.8 Å². The van der Waals surface area contributed by atoms with Crippen molar-refractivity contribution in [2.75, 3.05) is 6.54 Å². The Labute approximate surface area is 105 Å². The first-order chi connectivity index (χ1) is 8.84. The molecule has 5 heteroatoms. The summed E-state index contributed by atoms with van der Waals surface area (Å²) in [5, 5.41) is 3.22. The summed E-state index contributed by atoms with van der Waals surface area (Å²) in [6, 6.07) is 3.83. The third kappa shape index (κ3) is 2.04. The van der Waals surface area contributed by atoms with Gasteiger partial charge in [0.05, 0.1) is 18.6 Å². The Morgan fingerprint density at radius 3 is 3.22 bits per heavy atom. The van der Waals surface area contributed by atoms with E-state index in [1.807, 2.05) is 12.1 Å². The van der Waals surface area contributed by atoms with Gasteiger partial charge < -0.3 is 5.32 Å². The first-order valence-corrected chi connectivity index (χ1v) is 6.01. The van der Waals surface area contributed by atoms with Crippen molar-refractivity contribution in [2.45, 2.75) is 19.5 Å². The van der Waals surface area contributed by atoms with Crippen molar-refractivity contribution >= 4 is 0 Å². The molecule has 2 aromatic heterocycles. The van der Waals surface area contributed by atoms with E-state index in [2.05, 4.69) is 15.3 Å². The number of fused-ring (bicyclic) bond motifs is 1. The van der Waals surface area contributed by atoms with Crippen LogP contribution in [0.4, 0.5) is 0 Å². The van der Waals surface area contributed by atoms with Gasteiger partial charge in [-0.15, -0.1) is 0 Å². The molecule has 0 aliphatic carbocycles. The first kappa shape index (κ1) is 11.1. The van der Waals surface area contributed by atoms with Gasteiger partial charge in [0, 0.05) is 24.5 Å². The maximum atomic E-state index is 12.3. The van der Waals surface area contributed by atoms with Gasteiger partial charge in [-0.25, -0.2) is 4.98 Å². The lowest BCUT2D eigenvalue weighted by atomic mass is 10.1. The molecule has 3 rings (SSSR count). The zero-order valence-corrected chi connectivity index (χ0v) is 9.97. The molecule has 1 aliphatic heterocycles. The van der Waals surface area contributed by atoms with Crippen LogP contribution in [0, 0.1) is 0 Å². The maximum Gasteiger partial charge on any atom is 0.257 e. The zero-order valence-electron chi connectivity index (χ0n) is 9.97. The van der Waals surface area contributed by atoms with Crippen molar-refractivity contribution < 1.29 is 0 Å². The van der Waals surface area contributed by atoms with Gasteiger partial charge in [-0.3, -0.25) is 14.3 Å². The van der Waals surface area contributed by atoms with E-state index >= 15 is 0 Å². The van der Waals surface area contributed by atoms with Crippen molar-refractivity contribution in [1.29, 1.82) is 0 Å². The number of pyridine rings is 1. The molecular formula is C13H14N4O. The minimum absolute atomic E-state index is 0.0744. The molecule has 0 radical (unpaired) electrons. The third-order valence-electron chi connectivity index (χ3n) is 3.14. The highest BCUT2D eigenvalue weighted by molar-refractivity contribution is 5.20. The van der Waals surface area contributed by atoms with Crippen LogP contribution in [0.25, 0.3) is 0 Å². The number of nitrogens with zero attached hydrogens (tertiary/aromatic N) is 3. The monoisotopic (exact) mass is 242 g/mol. The Morgan fingerprint density at radius 1 is 1.44 bits per heavy atom. The van der Waals surface area contributed by atoms with Crippen LogP contribution >= 0.6 is 0 Å². The van der Waals surface area contributed by atoms with E-state index in [9.17, 15) is 4.79 Å². The Bertz CT molecular complexity index is 606. The van der Waals surface area contributed by atoms with Crippen LogP contribution in [0.1, 0.15) is 16.8 Å². The SMILES string of the molecule is O=c1c2c(ncn1Cc1cccnc1)CNCC2. The lowest BCUT2D eigenvalue weighted by molar-refractivity contribution is 0.596. The highest BCUT2D eigenvalue weighted by Crippen LogP contribution is 2.06. The van der Waals surface area contributed by atoms with Gasteiger partial charge in [0.15, 0.2) is 0 Å². The molecule has 0 spiro atoms. The van der Waals surface area contributed by atoms with Gasteiger partial charge in [0.25, 0.3) is 5.56 Å². The summed E-state index contributed by atoms with van der Waals surface area (Å²) < 4.78 is 1.65. The Morgan fingerprint density at radius 2 is 2.39 bits per heavy atom. The molecule has 3 heterocycles. The average molecular weight is 242 g/mol. The number of aromatic nitrogens is 3. The number of rotatable bonds is 2. The molecule has 0 atom stereocenters. The number of hydrogen-bond donors (Lipinski definition) is 1. The van der Waals surface area contributed by atoms with Crippen LogP contribution in [-0.2, 0) is 19.5 Å². The lowest BCUT2D eigenvalue weighted by Crippen LogP contribution is -2.34. The highest BCUT2D eigenvalue weighted by atomic mass is 16.1. The smallest absolute Gasteiger partial charge is 0.257 e. The van der Waals surface area contributed by atoms with E-state index < -0.39 is 0 Å². The molecule has 0 aromatic carbocycles. The average Bonchev–Trinajstić information content (AvgIpc) is 2.43. The quantitative estimate of drug-likeness (QED) is 0.824. The van der Waals surface area contributed by atoms with Gasteiger partial charge in [-0.1, -0.05) is 6.07 Å². The molecule has 1 aliphatic rings. The minimum atomic E-state index is 0.0744. The second kappa shape index (κ2) is 4.70. The summed E-state index contributed by atoms with van der Waals surface area (Å²) >= 11 is 0. The second-order valence-corrected chi connectivity index (χ2v) is 4.39. The molecule has 92 valence electrons. The fourth-order valence-corrected chi connectivity index (χ4v) is 2.19. The molecule has 0 unspecified atom stereocenters. The Hall–Kier alpha value is -2.01. The third-order valence-corrected chi connectivity index (χ3v) is 3.14. The molecule has 1 N–H and O–H groups in total. The normalized spacial score (nSPS) is 14.2. The molecule has 18 heavy (non-hydrogen) atoms. The molecule has 0 saturated heterocycles. The minimum Gasteiger partial charge on any atom is -0.311 e. The highest BCUT2D eigenvalue weighted by Gasteiger charge is 2.15. The molecule has 0 bridgehead atoms. The van der Waals surface area contributed by atoms with Gasteiger partial charge in [-0.05, 0) is 24.6 Å². The largest absolute Gasteiger partial charge is 0.311 e. The summed E-state index contributed by atoms with van der Waals surface area (Å²) in [6.07, 6.45) is 5.88. The van der Waals surface area contributed by atoms with Crippen molar-refractivity contribution in [2.24, 2.45) is 0 Å². The van der Waals surface area contributed by atoms with E-state index in [0.29, 0.717) is 13.1 Å². The van der Waals surface area contributed by atoms with Crippen molar-refractivity contribution in [3.05, 3.63) is 58.0 Å². The molecule has 0 saturated carbocycles. The number of nitrogens with one attached hydrogen (secondary N) is 1. The molecule has 0 amide bonds. The topological polar surface area (TPSA) is 59.8 Å². The fraction of sp³-hybridized carbons (Fsp3) is 0.308. The first-order valence-electron chi connectivity index (χ1n) is 6.01. The Balaban J connectivity index is 1.96. The molecule has 2 aromatic rings. The van der Waals surface area contributed by atoms with Crippen LogP contribution in [0.15, 0.2) is 35.6 Å². The summed E-state index contributed by atoms with van der Waals surface area (Å²) in [7, 11) is 0. The predicted octanol–water partition coefficient (Wildman–Crippen LogP) is 0.332. The van der Waals surface area contributed by atoms with E-state index in [1.165, 1.54) is 0 Å². The van der Waals surface area contributed by atoms with Crippen LogP contribution in [0.5, 0.6) is 0 Å². The van der Waals surface area contributed by atoms with Crippen molar-refractivity contribution in [3.8, 4) is 0 Å². The summed E-state index contributed by atoms with van der Waals surface area (Å²) in [5.41, 5.74) is 2.81. The van der Waals surface area contributed by atoms with Crippen molar-refractivity contribution in [1.82, 2.24) is 19.9 Å². The van der Waals surface area contributed by atoms with Gasteiger partial charge >= 0.3 is 0 Å².